The van der Waals surface area contributed by atoms with Crippen molar-refractivity contribution in [2.75, 3.05) is 31.2 Å². The molecule has 0 aliphatic carbocycles. The third-order valence-corrected chi connectivity index (χ3v) is 2.88. The molecule has 1 heterocycles. The topological polar surface area (TPSA) is 93.4 Å². The summed E-state index contributed by atoms with van der Waals surface area (Å²) >= 11 is 0. The number of amides is 1. The van der Waals surface area contributed by atoms with Gasteiger partial charge in [-0.1, -0.05) is 0 Å². The molecule has 1 rings (SSSR count). The summed E-state index contributed by atoms with van der Waals surface area (Å²) in [5.41, 5.74) is 5.71. The van der Waals surface area contributed by atoms with Gasteiger partial charge in [-0.15, -0.1) is 0 Å². The highest BCUT2D eigenvalue weighted by atomic mass is 16.5. The summed E-state index contributed by atoms with van der Waals surface area (Å²) in [5.74, 6) is 1.38. The lowest BCUT2D eigenvalue weighted by Gasteiger charge is -2.23. The Morgan fingerprint density at radius 1 is 1.45 bits per heavy atom. The third kappa shape index (κ3) is 4.34. The maximum Gasteiger partial charge on any atom is 0.244 e. The quantitative estimate of drug-likeness (QED) is 0.770. The Labute approximate surface area is 119 Å². The van der Waals surface area contributed by atoms with Crippen molar-refractivity contribution in [3.05, 3.63) is 11.9 Å². The number of rotatable bonds is 7. The first kappa shape index (κ1) is 16.2. The van der Waals surface area contributed by atoms with Gasteiger partial charge in [-0.05, 0) is 20.8 Å². The van der Waals surface area contributed by atoms with Gasteiger partial charge in [0, 0.05) is 26.3 Å². The number of likely N-dealkylation sites (N-methyl/N-ethyl adjacent to an activating group) is 1. The molecular formula is C13H23N5O2. The summed E-state index contributed by atoms with van der Waals surface area (Å²) in [7, 11) is 1.56. The monoisotopic (exact) mass is 281 g/mol. The molecule has 7 heteroatoms. The van der Waals surface area contributed by atoms with Crippen LogP contribution in [-0.2, 0) is 16.1 Å². The number of nitrogens with zero attached hydrogens (tertiary/aromatic N) is 3. The van der Waals surface area contributed by atoms with Crippen LogP contribution in [0.2, 0.25) is 0 Å². The van der Waals surface area contributed by atoms with E-state index >= 15 is 0 Å². The molecule has 0 aliphatic heterocycles. The van der Waals surface area contributed by atoms with Gasteiger partial charge in [-0.3, -0.25) is 4.79 Å². The molecule has 1 atom stereocenters. The predicted molar refractivity (Wildman–Crippen MR) is 78.2 cm³/mol. The molecule has 0 fully saturated rings. The minimum absolute atomic E-state index is 0.0282. The van der Waals surface area contributed by atoms with Gasteiger partial charge in [0.1, 0.15) is 24.3 Å². The molecule has 0 aromatic carbocycles. The van der Waals surface area contributed by atoms with E-state index in [2.05, 4.69) is 15.3 Å². The maximum absolute atomic E-state index is 12.2. The zero-order chi connectivity index (χ0) is 15.1. The molecule has 0 radical (unpaired) electrons. The van der Waals surface area contributed by atoms with Gasteiger partial charge in [0.15, 0.2) is 5.82 Å². The fraction of sp³-hybridized carbons (Fsp3) is 0.615. The predicted octanol–water partition coefficient (Wildman–Crippen LogP) is 0.874. The number of methoxy groups -OCH3 is 1. The van der Waals surface area contributed by atoms with Crippen molar-refractivity contribution in [1.29, 1.82) is 0 Å². The van der Waals surface area contributed by atoms with Crippen molar-refractivity contribution >= 4 is 17.5 Å². The lowest BCUT2D eigenvalue weighted by molar-refractivity contribution is -0.131. The molecule has 0 spiro atoms. The highest BCUT2D eigenvalue weighted by Crippen LogP contribution is 2.11. The Bertz CT molecular complexity index is 448. The standard InChI is InChI=1S/C13H23N5O2/c1-5-18(6-2)13(19)9(3)15-11-7-10(14)16-12(17-11)8-20-4/h7,9H,5-6,8H2,1-4H3,(H3,14,15,16,17). The van der Waals surface area contributed by atoms with Crippen molar-refractivity contribution in [1.82, 2.24) is 14.9 Å². The number of nitrogen functional groups attached to an aromatic ring is 1. The van der Waals surface area contributed by atoms with Gasteiger partial charge in [-0.25, -0.2) is 9.97 Å². The Kier molecular flexibility index (Phi) is 6.17. The summed E-state index contributed by atoms with van der Waals surface area (Å²) in [5, 5.41) is 3.05. The van der Waals surface area contributed by atoms with Crippen LogP contribution in [0.1, 0.15) is 26.6 Å². The zero-order valence-corrected chi connectivity index (χ0v) is 12.5. The van der Waals surface area contributed by atoms with E-state index in [1.165, 1.54) is 0 Å². The number of carbonyl (C=O) groups excluding carboxylic acids is 1. The van der Waals surface area contributed by atoms with Crippen LogP contribution in [0.5, 0.6) is 0 Å². The second-order valence-corrected chi connectivity index (χ2v) is 4.40. The molecule has 1 aromatic heterocycles. The fourth-order valence-electron chi connectivity index (χ4n) is 1.88. The highest BCUT2D eigenvalue weighted by Gasteiger charge is 2.18. The summed E-state index contributed by atoms with van der Waals surface area (Å²) in [6.07, 6.45) is 0. The zero-order valence-electron chi connectivity index (χ0n) is 12.5. The van der Waals surface area contributed by atoms with Crippen LogP contribution in [0.4, 0.5) is 11.6 Å². The molecule has 1 aromatic rings. The summed E-state index contributed by atoms with van der Waals surface area (Å²) in [4.78, 5) is 22.2. The number of anilines is 2. The van der Waals surface area contributed by atoms with Crippen LogP contribution in [-0.4, -0.2) is 47.0 Å². The maximum atomic E-state index is 12.2. The van der Waals surface area contributed by atoms with Crippen molar-refractivity contribution in [3.8, 4) is 0 Å². The van der Waals surface area contributed by atoms with Crippen LogP contribution >= 0.6 is 0 Å². The first-order chi connectivity index (χ1) is 9.51. The molecular weight excluding hydrogens is 258 g/mol. The van der Waals surface area contributed by atoms with Crippen molar-refractivity contribution in [2.24, 2.45) is 0 Å². The van der Waals surface area contributed by atoms with Gasteiger partial charge in [-0.2, -0.15) is 0 Å². The van der Waals surface area contributed by atoms with Crippen molar-refractivity contribution in [2.45, 2.75) is 33.4 Å². The van der Waals surface area contributed by atoms with Crippen LogP contribution < -0.4 is 11.1 Å². The second-order valence-electron chi connectivity index (χ2n) is 4.40. The smallest absolute Gasteiger partial charge is 0.244 e. The number of aromatic nitrogens is 2. The van der Waals surface area contributed by atoms with E-state index in [-0.39, 0.29) is 18.6 Å². The molecule has 3 N–H and O–H groups in total. The van der Waals surface area contributed by atoms with Gasteiger partial charge < -0.3 is 20.7 Å². The minimum Gasteiger partial charge on any atom is -0.384 e. The average Bonchev–Trinajstić information content (AvgIpc) is 2.39. The van der Waals surface area contributed by atoms with Crippen LogP contribution in [0, 0.1) is 0 Å². The fourth-order valence-corrected chi connectivity index (χ4v) is 1.88. The second kappa shape index (κ2) is 7.64. The van der Waals surface area contributed by atoms with Crippen molar-refractivity contribution in [3.63, 3.8) is 0 Å². The summed E-state index contributed by atoms with van der Waals surface area (Å²) < 4.78 is 4.98. The molecule has 1 amide bonds. The van der Waals surface area contributed by atoms with E-state index in [0.29, 0.717) is 30.5 Å². The van der Waals surface area contributed by atoms with Gasteiger partial charge >= 0.3 is 0 Å². The first-order valence-electron chi connectivity index (χ1n) is 6.69. The van der Waals surface area contributed by atoms with Crippen LogP contribution in [0.25, 0.3) is 0 Å². The Balaban J connectivity index is 2.79. The lowest BCUT2D eigenvalue weighted by atomic mass is 10.2. The van der Waals surface area contributed by atoms with E-state index in [9.17, 15) is 4.79 Å². The van der Waals surface area contributed by atoms with E-state index in [4.69, 9.17) is 10.5 Å². The van der Waals surface area contributed by atoms with E-state index in [1.54, 1.807) is 25.0 Å². The molecule has 20 heavy (non-hydrogen) atoms. The normalized spacial score (nSPS) is 12.0. The molecule has 112 valence electrons. The number of nitrogens with one attached hydrogen (secondary N) is 1. The largest absolute Gasteiger partial charge is 0.384 e. The molecule has 0 aliphatic rings. The Hall–Kier alpha value is -1.89. The number of ether oxygens (including phenoxy) is 1. The number of hydrogen-bond donors (Lipinski definition) is 2. The van der Waals surface area contributed by atoms with E-state index in [1.807, 2.05) is 13.8 Å². The molecule has 0 saturated carbocycles. The summed E-state index contributed by atoms with van der Waals surface area (Å²) in [6.45, 7) is 7.35. The van der Waals surface area contributed by atoms with Gasteiger partial charge in [0.05, 0.1) is 0 Å². The lowest BCUT2D eigenvalue weighted by Crippen LogP contribution is -2.41. The first-order valence-corrected chi connectivity index (χ1v) is 6.69. The number of nitrogens with two attached hydrogens (primary N) is 1. The van der Waals surface area contributed by atoms with E-state index in [0.717, 1.165) is 0 Å². The van der Waals surface area contributed by atoms with Gasteiger partial charge in [0.25, 0.3) is 0 Å². The molecule has 1 unspecified atom stereocenters. The number of hydrogen-bond acceptors (Lipinski definition) is 6. The summed E-state index contributed by atoms with van der Waals surface area (Å²) in [6, 6.07) is 1.23. The average molecular weight is 281 g/mol. The highest BCUT2D eigenvalue weighted by molar-refractivity contribution is 5.84. The van der Waals surface area contributed by atoms with Crippen molar-refractivity contribution < 1.29 is 9.53 Å². The van der Waals surface area contributed by atoms with Crippen LogP contribution in [0.3, 0.4) is 0 Å². The molecule has 7 nitrogen and oxygen atoms in total. The third-order valence-electron chi connectivity index (χ3n) is 2.88. The molecule has 0 saturated heterocycles. The Morgan fingerprint density at radius 3 is 2.65 bits per heavy atom. The van der Waals surface area contributed by atoms with Crippen LogP contribution in [0.15, 0.2) is 6.07 Å². The Morgan fingerprint density at radius 2 is 2.10 bits per heavy atom. The minimum atomic E-state index is -0.375. The number of carbonyl (C=O) groups is 1. The van der Waals surface area contributed by atoms with E-state index < -0.39 is 0 Å². The van der Waals surface area contributed by atoms with Gasteiger partial charge in [0.2, 0.25) is 5.91 Å². The SMILES string of the molecule is CCN(CC)C(=O)C(C)Nc1cc(N)nc(COC)n1. The molecule has 0 bridgehead atoms.